The first kappa shape index (κ1) is 28.4. The molecule has 0 unspecified atom stereocenters. The van der Waals surface area contributed by atoms with Crippen LogP contribution in [-0.4, -0.2) is 14.1 Å². The minimum atomic E-state index is 0.955. The van der Waals surface area contributed by atoms with Crippen molar-refractivity contribution in [3.05, 3.63) is 145 Å². The number of fused-ring (bicyclic) bond motifs is 2. The number of hydrogen-bond acceptors (Lipinski definition) is 1. The van der Waals surface area contributed by atoms with Crippen molar-refractivity contribution in [1.82, 2.24) is 14.1 Å². The average molecular weight is 548 g/mol. The fourth-order valence-corrected chi connectivity index (χ4v) is 5.63. The summed E-state index contributed by atoms with van der Waals surface area (Å²) in [5, 5.41) is 2.40. The molecule has 0 atom stereocenters. The van der Waals surface area contributed by atoms with Crippen molar-refractivity contribution in [3.63, 3.8) is 0 Å². The highest BCUT2D eigenvalue weighted by molar-refractivity contribution is 5.97. The predicted molar refractivity (Wildman–Crippen MR) is 183 cm³/mol. The Morgan fingerprint density at radius 1 is 0.714 bits per heavy atom. The van der Waals surface area contributed by atoms with E-state index in [0.717, 1.165) is 50.5 Å². The Labute approximate surface area is 249 Å². The van der Waals surface area contributed by atoms with Gasteiger partial charge in [0.1, 0.15) is 0 Å². The fraction of sp³-hybridized carbons (Fsp3) is 0.103. The molecule has 3 heterocycles. The van der Waals surface area contributed by atoms with Gasteiger partial charge in [0.15, 0.2) is 0 Å². The van der Waals surface area contributed by atoms with Crippen LogP contribution >= 0.6 is 0 Å². The van der Waals surface area contributed by atoms with Crippen LogP contribution < -0.4 is 0 Å². The van der Waals surface area contributed by atoms with Gasteiger partial charge in [0.2, 0.25) is 0 Å². The number of benzene rings is 3. The topological polar surface area (TPSA) is 22.8 Å². The number of aromatic nitrogens is 3. The molecule has 42 heavy (non-hydrogen) atoms. The minimum absolute atomic E-state index is 0.955. The summed E-state index contributed by atoms with van der Waals surface area (Å²) in [5.74, 6) is 0. The molecule has 0 saturated carbocycles. The quantitative estimate of drug-likeness (QED) is 0.182. The maximum Gasteiger partial charge on any atom is 0.0724 e. The van der Waals surface area contributed by atoms with E-state index in [9.17, 15) is 0 Å². The second-order valence-corrected chi connectivity index (χ2v) is 9.77. The van der Waals surface area contributed by atoms with Crippen molar-refractivity contribution in [2.45, 2.75) is 27.7 Å². The van der Waals surface area contributed by atoms with E-state index in [1.54, 1.807) is 0 Å². The molecule has 3 heteroatoms. The average Bonchev–Trinajstić information content (AvgIpc) is 3.52. The van der Waals surface area contributed by atoms with Crippen LogP contribution in [0.15, 0.2) is 123 Å². The van der Waals surface area contributed by atoms with Crippen LogP contribution in [0, 0.1) is 6.92 Å². The Morgan fingerprint density at radius 2 is 1.36 bits per heavy atom. The number of para-hydroxylation sites is 1. The van der Waals surface area contributed by atoms with Crippen molar-refractivity contribution in [1.29, 1.82) is 0 Å². The molecule has 208 valence electrons. The van der Waals surface area contributed by atoms with Gasteiger partial charge >= 0.3 is 0 Å². The molecule has 0 N–H and O–H groups in total. The Morgan fingerprint density at radius 3 is 2.00 bits per heavy atom. The van der Waals surface area contributed by atoms with Gasteiger partial charge in [0.25, 0.3) is 0 Å². The third kappa shape index (κ3) is 4.95. The van der Waals surface area contributed by atoms with Gasteiger partial charge in [0.05, 0.1) is 28.6 Å². The van der Waals surface area contributed by atoms with Gasteiger partial charge in [-0.1, -0.05) is 99.8 Å². The maximum absolute atomic E-state index is 4.86. The summed E-state index contributed by atoms with van der Waals surface area (Å²) in [4.78, 5) is 4.86. The zero-order valence-electron chi connectivity index (χ0n) is 24.9. The number of allylic oxidation sites excluding steroid dienone is 3. The molecule has 0 spiro atoms. The summed E-state index contributed by atoms with van der Waals surface area (Å²) in [5.41, 5.74) is 11.0. The van der Waals surface area contributed by atoms with Crippen LogP contribution in [0.4, 0.5) is 0 Å². The van der Waals surface area contributed by atoms with E-state index < -0.39 is 0 Å². The lowest BCUT2D eigenvalue weighted by Gasteiger charge is -2.13. The van der Waals surface area contributed by atoms with Crippen LogP contribution in [0.2, 0.25) is 0 Å². The highest BCUT2D eigenvalue weighted by Gasteiger charge is 2.18. The number of hydrogen-bond donors (Lipinski definition) is 0. The van der Waals surface area contributed by atoms with E-state index >= 15 is 0 Å². The lowest BCUT2D eigenvalue weighted by atomic mass is 10.1. The Balaban J connectivity index is 0.00000173. The normalized spacial score (nSPS) is 11.3. The summed E-state index contributed by atoms with van der Waals surface area (Å²) in [6.07, 6.45) is 14.1. The monoisotopic (exact) mass is 547 g/mol. The molecular formula is C39H37N3. The van der Waals surface area contributed by atoms with E-state index in [1.807, 2.05) is 63.4 Å². The van der Waals surface area contributed by atoms with Crippen LogP contribution in [-0.2, 0) is 0 Å². The van der Waals surface area contributed by atoms with E-state index in [-0.39, 0.29) is 0 Å². The third-order valence-corrected chi connectivity index (χ3v) is 7.46. The lowest BCUT2D eigenvalue weighted by Crippen LogP contribution is -2.00. The van der Waals surface area contributed by atoms with Crippen molar-refractivity contribution in [2.24, 2.45) is 0 Å². The fourth-order valence-electron chi connectivity index (χ4n) is 5.63. The first-order valence-corrected chi connectivity index (χ1v) is 14.5. The van der Waals surface area contributed by atoms with Crippen LogP contribution in [0.5, 0.6) is 0 Å². The molecule has 0 radical (unpaired) electrons. The number of rotatable bonds is 7. The standard InChI is InChI=1S/C37H31N3.C2H6/c1-5-8-18-35-26(4)30-17-12-13-19-36(30)40(35)29-22-20-28(21-23-29)39-34(7-3)31(14-6-2)32-24-33(38-25-37(32)39)27-15-10-9-11-16-27;1-2/h5-25H,1,3H2,2,4H3;1-2H3/b14-6-,18-8-;. The first-order valence-electron chi connectivity index (χ1n) is 14.5. The largest absolute Gasteiger partial charge is 0.310 e. The van der Waals surface area contributed by atoms with Crippen molar-refractivity contribution >= 4 is 40.0 Å². The summed E-state index contributed by atoms with van der Waals surface area (Å²) >= 11 is 0. The van der Waals surface area contributed by atoms with Crippen molar-refractivity contribution < 1.29 is 0 Å². The van der Waals surface area contributed by atoms with Crippen LogP contribution in [0.1, 0.15) is 43.3 Å². The molecule has 0 saturated heterocycles. The van der Waals surface area contributed by atoms with Crippen molar-refractivity contribution in [2.75, 3.05) is 0 Å². The first-order chi connectivity index (χ1) is 20.7. The van der Waals surface area contributed by atoms with E-state index in [2.05, 4.69) is 114 Å². The second kappa shape index (κ2) is 12.6. The van der Waals surface area contributed by atoms with Crippen LogP contribution in [0.25, 0.3) is 62.7 Å². The molecule has 0 aliphatic heterocycles. The minimum Gasteiger partial charge on any atom is -0.310 e. The molecule has 3 aromatic carbocycles. The zero-order valence-corrected chi connectivity index (χ0v) is 24.9. The van der Waals surface area contributed by atoms with Gasteiger partial charge in [-0.3, -0.25) is 4.98 Å². The van der Waals surface area contributed by atoms with E-state index in [1.165, 1.54) is 16.5 Å². The molecule has 0 aliphatic carbocycles. The highest BCUT2D eigenvalue weighted by atomic mass is 15.0. The van der Waals surface area contributed by atoms with E-state index in [4.69, 9.17) is 4.98 Å². The molecule has 6 aromatic rings. The Bertz CT molecular complexity index is 1930. The highest BCUT2D eigenvalue weighted by Crippen LogP contribution is 2.35. The van der Waals surface area contributed by atoms with Gasteiger partial charge in [-0.25, -0.2) is 0 Å². The number of nitrogens with zero attached hydrogens (tertiary/aromatic N) is 3. The second-order valence-electron chi connectivity index (χ2n) is 9.77. The molecule has 6 rings (SSSR count). The number of aryl methyl sites for hydroxylation is 1. The van der Waals surface area contributed by atoms with Crippen molar-refractivity contribution in [3.8, 4) is 22.6 Å². The summed E-state index contributed by atoms with van der Waals surface area (Å²) in [6, 6.07) is 29.8. The number of pyridine rings is 1. The molecular weight excluding hydrogens is 510 g/mol. The third-order valence-electron chi connectivity index (χ3n) is 7.46. The maximum atomic E-state index is 4.86. The Kier molecular flexibility index (Phi) is 8.50. The molecule has 0 bridgehead atoms. The summed E-state index contributed by atoms with van der Waals surface area (Å²) in [7, 11) is 0. The molecule has 0 aliphatic rings. The SMILES string of the molecule is C=C/C=C\c1c(C)c2ccccc2n1-c1ccc(-n2c(C=C)c(/C=C\C)c3cc(-c4ccccc4)ncc32)cc1.CC. The molecule has 0 fully saturated rings. The Hall–Kier alpha value is -5.15. The predicted octanol–water partition coefficient (Wildman–Crippen LogP) is 10.8. The van der Waals surface area contributed by atoms with Gasteiger partial charge in [-0.05, 0) is 68.0 Å². The summed E-state index contributed by atoms with van der Waals surface area (Å²) < 4.78 is 4.57. The van der Waals surface area contributed by atoms with Gasteiger partial charge in [-0.2, -0.15) is 0 Å². The van der Waals surface area contributed by atoms with Gasteiger partial charge in [-0.15, -0.1) is 0 Å². The van der Waals surface area contributed by atoms with Crippen LogP contribution in [0.3, 0.4) is 0 Å². The zero-order chi connectivity index (χ0) is 29.6. The van der Waals surface area contributed by atoms with Gasteiger partial charge in [0, 0.05) is 39.0 Å². The molecule has 3 aromatic heterocycles. The van der Waals surface area contributed by atoms with E-state index in [0.29, 0.717) is 0 Å². The lowest BCUT2D eigenvalue weighted by molar-refractivity contribution is 1.07. The molecule has 3 nitrogen and oxygen atoms in total. The summed E-state index contributed by atoms with van der Waals surface area (Å²) in [6.45, 7) is 16.3. The molecule has 0 amide bonds. The van der Waals surface area contributed by atoms with Gasteiger partial charge < -0.3 is 9.13 Å². The smallest absolute Gasteiger partial charge is 0.0724 e.